The summed E-state index contributed by atoms with van der Waals surface area (Å²) in [4.78, 5) is 19.9. The van der Waals surface area contributed by atoms with Crippen molar-refractivity contribution >= 4 is 28.5 Å². The van der Waals surface area contributed by atoms with Crippen LogP contribution in [0.15, 0.2) is 36.4 Å². The Morgan fingerprint density at radius 1 is 1.23 bits per heavy atom. The Balaban J connectivity index is 1.55. The average Bonchev–Trinajstić information content (AvgIpc) is 3.04. The van der Waals surface area contributed by atoms with Gasteiger partial charge in [0.05, 0.1) is 16.1 Å². The molecular weight excluding hydrogens is 353 g/mol. The Bertz CT molecular complexity index is 936. The summed E-state index contributed by atoms with van der Waals surface area (Å²) < 4.78 is 13.1. The first-order chi connectivity index (χ1) is 12.4. The molecule has 6 heteroatoms. The second kappa shape index (κ2) is 7.87. The van der Waals surface area contributed by atoms with Gasteiger partial charge in [-0.3, -0.25) is 4.79 Å². The lowest BCUT2D eigenvalue weighted by atomic mass is 10.1. The summed E-state index contributed by atoms with van der Waals surface area (Å²) in [6.45, 7) is 4.52. The van der Waals surface area contributed by atoms with Crippen LogP contribution in [0, 0.1) is 5.82 Å². The predicted octanol–water partition coefficient (Wildman–Crippen LogP) is 4.73. The SMILES string of the molecule is CC(C)c1nc2ccc(CCC(=O)NCc3ccc(F)c(Cl)c3)cc2[nH]1. The largest absolute Gasteiger partial charge is 0.352 e. The van der Waals surface area contributed by atoms with Crippen LogP contribution in [-0.4, -0.2) is 15.9 Å². The van der Waals surface area contributed by atoms with Crippen LogP contribution in [0.5, 0.6) is 0 Å². The van der Waals surface area contributed by atoms with E-state index in [-0.39, 0.29) is 10.9 Å². The fourth-order valence-electron chi connectivity index (χ4n) is 2.70. The first-order valence-corrected chi connectivity index (χ1v) is 8.99. The highest BCUT2D eigenvalue weighted by molar-refractivity contribution is 6.30. The molecule has 0 spiro atoms. The molecule has 2 aromatic carbocycles. The number of aromatic nitrogens is 2. The molecule has 0 aliphatic rings. The lowest BCUT2D eigenvalue weighted by molar-refractivity contribution is -0.121. The second-order valence-electron chi connectivity index (χ2n) is 6.65. The predicted molar refractivity (Wildman–Crippen MR) is 102 cm³/mol. The van der Waals surface area contributed by atoms with Crippen LogP contribution in [0.2, 0.25) is 5.02 Å². The minimum atomic E-state index is -0.462. The number of amides is 1. The Morgan fingerprint density at radius 3 is 2.73 bits per heavy atom. The molecule has 1 aromatic heterocycles. The molecule has 0 aliphatic carbocycles. The Kier molecular flexibility index (Phi) is 5.57. The number of carbonyl (C=O) groups is 1. The van der Waals surface area contributed by atoms with Gasteiger partial charge in [-0.15, -0.1) is 0 Å². The van der Waals surface area contributed by atoms with Gasteiger partial charge in [0.1, 0.15) is 11.6 Å². The third-order valence-electron chi connectivity index (χ3n) is 4.23. The topological polar surface area (TPSA) is 57.8 Å². The minimum Gasteiger partial charge on any atom is -0.352 e. The Labute approximate surface area is 156 Å². The van der Waals surface area contributed by atoms with E-state index in [0.29, 0.717) is 25.3 Å². The highest BCUT2D eigenvalue weighted by Crippen LogP contribution is 2.19. The molecule has 0 saturated carbocycles. The normalized spacial score (nSPS) is 11.3. The van der Waals surface area contributed by atoms with E-state index in [4.69, 9.17) is 11.6 Å². The van der Waals surface area contributed by atoms with Gasteiger partial charge in [0.15, 0.2) is 0 Å². The van der Waals surface area contributed by atoms with E-state index < -0.39 is 5.82 Å². The molecule has 0 radical (unpaired) electrons. The summed E-state index contributed by atoms with van der Waals surface area (Å²) in [5, 5.41) is 2.89. The number of aryl methyl sites for hydroxylation is 1. The van der Waals surface area contributed by atoms with Crippen molar-refractivity contribution in [2.24, 2.45) is 0 Å². The zero-order chi connectivity index (χ0) is 18.7. The smallest absolute Gasteiger partial charge is 0.220 e. The molecule has 0 saturated heterocycles. The van der Waals surface area contributed by atoms with Crippen LogP contribution in [0.3, 0.4) is 0 Å². The number of nitrogens with zero attached hydrogens (tertiary/aromatic N) is 1. The van der Waals surface area contributed by atoms with Crippen molar-refractivity contribution in [3.05, 3.63) is 64.2 Å². The third kappa shape index (κ3) is 4.41. The van der Waals surface area contributed by atoms with Crippen LogP contribution >= 0.6 is 11.6 Å². The third-order valence-corrected chi connectivity index (χ3v) is 4.52. The monoisotopic (exact) mass is 373 g/mol. The highest BCUT2D eigenvalue weighted by atomic mass is 35.5. The minimum absolute atomic E-state index is 0.0574. The van der Waals surface area contributed by atoms with E-state index >= 15 is 0 Å². The number of halogens is 2. The number of aromatic amines is 1. The van der Waals surface area contributed by atoms with Crippen LogP contribution in [0.1, 0.15) is 43.1 Å². The number of nitrogens with one attached hydrogen (secondary N) is 2. The molecule has 0 atom stereocenters. The van der Waals surface area contributed by atoms with Gasteiger partial charge in [0.25, 0.3) is 0 Å². The zero-order valence-electron chi connectivity index (χ0n) is 14.8. The second-order valence-corrected chi connectivity index (χ2v) is 7.06. The van der Waals surface area contributed by atoms with Gasteiger partial charge in [-0.25, -0.2) is 9.37 Å². The van der Waals surface area contributed by atoms with Crippen LogP contribution in [0.25, 0.3) is 11.0 Å². The number of H-pyrrole nitrogens is 1. The number of imidazole rings is 1. The Morgan fingerprint density at radius 2 is 2.00 bits per heavy atom. The van der Waals surface area contributed by atoms with Crippen molar-refractivity contribution in [2.75, 3.05) is 0 Å². The van der Waals surface area contributed by atoms with Crippen molar-refractivity contribution in [2.45, 2.75) is 39.2 Å². The van der Waals surface area contributed by atoms with Gasteiger partial charge < -0.3 is 10.3 Å². The summed E-state index contributed by atoms with van der Waals surface area (Å²) in [7, 11) is 0. The van der Waals surface area contributed by atoms with Crippen molar-refractivity contribution in [1.29, 1.82) is 0 Å². The number of fused-ring (bicyclic) bond motifs is 1. The summed E-state index contributed by atoms with van der Waals surface area (Å²) in [5.41, 5.74) is 3.78. The maximum atomic E-state index is 13.1. The van der Waals surface area contributed by atoms with Gasteiger partial charge in [0.2, 0.25) is 5.91 Å². The van der Waals surface area contributed by atoms with Crippen molar-refractivity contribution in [3.8, 4) is 0 Å². The molecule has 0 unspecified atom stereocenters. The first kappa shape index (κ1) is 18.4. The van der Waals surface area contributed by atoms with E-state index in [2.05, 4.69) is 29.1 Å². The summed E-state index contributed by atoms with van der Waals surface area (Å²) in [5.74, 6) is 0.791. The summed E-state index contributed by atoms with van der Waals surface area (Å²) in [6.07, 6.45) is 1.02. The number of benzene rings is 2. The number of carbonyl (C=O) groups excluding carboxylic acids is 1. The van der Waals surface area contributed by atoms with Crippen LogP contribution < -0.4 is 5.32 Å². The van der Waals surface area contributed by atoms with E-state index in [9.17, 15) is 9.18 Å². The molecule has 3 rings (SSSR count). The molecule has 26 heavy (non-hydrogen) atoms. The van der Waals surface area contributed by atoms with E-state index in [1.165, 1.54) is 12.1 Å². The maximum Gasteiger partial charge on any atom is 0.220 e. The standard InChI is InChI=1S/C20H21ClFN3O/c1-12(2)20-24-17-7-4-13(10-18(17)25-20)5-8-19(26)23-11-14-3-6-16(22)15(21)9-14/h3-4,6-7,9-10,12H,5,8,11H2,1-2H3,(H,23,26)(H,24,25). The molecule has 0 bridgehead atoms. The van der Waals surface area contributed by atoms with Gasteiger partial charge in [0, 0.05) is 18.9 Å². The average molecular weight is 374 g/mol. The highest BCUT2D eigenvalue weighted by Gasteiger charge is 2.08. The summed E-state index contributed by atoms with van der Waals surface area (Å²) >= 11 is 5.74. The van der Waals surface area contributed by atoms with Crippen LogP contribution in [0.4, 0.5) is 4.39 Å². The number of hydrogen-bond donors (Lipinski definition) is 2. The van der Waals surface area contributed by atoms with Crippen molar-refractivity contribution in [1.82, 2.24) is 15.3 Å². The molecular formula is C20H21ClFN3O. The van der Waals surface area contributed by atoms with Crippen molar-refractivity contribution in [3.63, 3.8) is 0 Å². The van der Waals surface area contributed by atoms with Gasteiger partial charge in [-0.1, -0.05) is 37.6 Å². The van der Waals surface area contributed by atoms with E-state index in [1.54, 1.807) is 6.07 Å². The van der Waals surface area contributed by atoms with Gasteiger partial charge in [-0.05, 0) is 41.8 Å². The van der Waals surface area contributed by atoms with Gasteiger partial charge in [-0.2, -0.15) is 0 Å². The van der Waals surface area contributed by atoms with E-state index in [0.717, 1.165) is 28.0 Å². The quantitative estimate of drug-likeness (QED) is 0.656. The molecule has 0 aliphatic heterocycles. The first-order valence-electron chi connectivity index (χ1n) is 8.61. The maximum absolute atomic E-state index is 13.1. The van der Waals surface area contributed by atoms with Gasteiger partial charge >= 0.3 is 0 Å². The van der Waals surface area contributed by atoms with E-state index in [1.807, 2.05) is 18.2 Å². The number of hydrogen-bond acceptors (Lipinski definition) is 2. The lowest BCUT2D eigenvalue weighted by Crippen LogP contribution is -2.23. The lowest BCUT2D eigenvalue weighted by Gasteiger charge is -2.06. The molecule has 1 amide bonds. The van der Waals surface area contributed by atoms with Crippen LogP contribution in [-0.2, 0) is 17.8 Å². The molecule has 3 aromatic rings. The molecule has 1 heterocycles. The fourth-order valence-corrected chi connectivity index (χ4v) is 2.91. The molecule has 2 N–H and O–H groups in total. The van der Waals surface area contributed by atoms with Crippen molar-refractivity contribution < 1.29 is 9.18 Å². The number of rotatable bonds is 6. The molecule has 136 valence electrons. The zero-order valence-corrected chi connectivity index (χ0v) is 15.5. The Hall–Kier alpha value is -2.40. The fraction of sp³-hybridized carbons (Fsp3) is 0.300. The molecule has 0 fully saturated rings. The summed E-state index contributed by atoms with van der Waals surface area (Å²) in [6, 6.07) is 10.5. The molecule has 4 nitrogen and oxygen atoms in total.